The fraction of sp³-hybridized carbons (Fsp3) is 0.116. The van der Waals surface area contributed by atoms with Gasteiger partial charge in [0, 0.05) is 0 Å². The highest BCUT2D eigenvalue weighted by molar-refractivity contribution is 6.21. The Balaban J connectivity index is 0.000000283. The Hall–Kier alpha value is -4.94. The second-order valence-corrected chi connectivity index (χ2v) is 11.8. The smallest absolute Gasteiger partial charge is 0.00264 e. The fourth-order valence-corrected chi connectivity index (χ4v) is 6.38. The number of allylic oxidation sites excluding steroid dienone is 4. The number of hydrogen-bond acceptors (Lipinski definition) is 0. The van der Waals surface area contributed by atoms with Crippen molar-refractivity contribution < 1.29 is 0 Å². The predicted molar refractivity (Wildman–Crippen MR) is 187 cm³/mol. The van der Waals surface area contributed by atoms with Crippen LogP contribution in [0.4, 0.5) is 0 Å². The maximum absolute atomic E-state index is 2.44. The largest absolute Gasteiger partial charge is 0.0845 e. The van der Waals surface area contributed by atoms with E-state index >= 15 is 0 Å². The van der Waals surface area contributed by atoms with Crippen molar-refractivity contribution >= 4 is 33.7 Å². The van der Waals surface area contributed by atoms with E-state index in [2.05, 4.69) is 165 Å². The van der Waals surface area contributed by atoms with E-state index < -0.39 is 0 Å². The molecule has 0 N–H and O–H groups in total. The van der Waals surface area contributed by atoms with Gasteiger partial charge in [-0.15, -0.1) is 0 Å². The predicted octanol–water partition coefficient (Wildman–Crippen LogP) is 12.0. The Morgan fingerprint density at radius 3 is 1.51 bits per heavy atom. The van der Waals surface area contributed by atoms with Gasteiger partial charge in [0.1, 0.15) is 0 Å². The van der Waals surface area contributed by atoms with Crippen LogP contribution >= 0.6 is 0 Å². The van der Waals surface area contributed by atoms with Crippen LogP contribution in [0.1, 0.15) is 30.9 Å². The van der Waals surface area contributed by atoms with Gasteiger partial charge in [-0.05, 0) is 86.5 Å². The molecule has 0 amide bonds. The summed E-state index contributed by atoms with van der Waals surface area (Å²) in [5.41, 5.74) is 9.05. The lowest BCUT2D eigenvalue weighted by atomic mass is 9.86. The van der Waals surface area contributed by atoms with E-state index in [9.17, 15) is 0 Å². The van der Waals surface area contributed by atoms with Gasteiger partial charge in [0.2, 0.25) is 0 Å². The summed E-state index contributed by atoms with van der Waals surface area (Å²) in [4.78, 5) is 0. The van der Waals surface area contributed by atoms with Crippen LogP contribution in [0.3, 0.4) is 0 Å². The number of benzene rings is 6. The molecule has 0 spiro atoms. The van der Waals surface area contributed by atoms with Gasteiger partial charge in [0.05, 0.1) is 0 Å². The summed E-state index contributed by atoms with van der Waals surface area (Å²) in [6, 6.07) is 47.7. The molecule has 6 aromatic carbocycles. The van der Waals surface area contributed by atoms with E-state index in [1.165, 1.54) is 67.8 Å². The third kappa shape index (κ3) is 5.87. The Morgan fingerprint density at radius 1 is 0.488 bits per heavy atom. The van der Waals surface area contributed by atoms with Crippen molar-refractivity contribution in [2.45, 2.75) is 19.8 Å². The SMILES string of the molecule is C(=C/c1ccc(-c2c3ccccc3c(-c3ccccc3)c3ccccc23)cc1)/c1ccccc1.CC1=CC2CC2C=CC1. The van der Waals surface area contributed by atoms with Crippen molar-refractivity contribution in [1.29, 1.82) is 0 Å². The van der Waals surface area contributed by atoms with E-state index in [0.717, 1.165) is 11.8 Å². The maximum atomic E-state index is 2.44. The molecule has 1 fully saturated rings. The molecule has 2 atom stereocenters. The molecule has 208 valence electrons. The summed E-state index contributed by atoms with van der Waals surface area (Å²) >= 11 is 0. The summed E-state index contributed by atoms with van der Waals surface area (Å²) in [5.74, 6) is 1.84. The van der Waals surface area contributed by atoms with Crippen molar-refractivity contribution in [2.24, 2.45) is 11.8 Å². The van der Waals surface area contributed by atoms with Crippen LogP contribution in [0.15, 0.2) is 157 Å². The third-order valence-corrected chi connectivity index (χ3v) is 8.67. The monoisotopic (exact) mass is 552 g/mol. The van der Waals surface area contributed by atoms with E-state index in [1.807, 2.05) is 6.07 Å². The molecule has 0 bridgehead atoms. The highest BCUT2D eigenvalue weighted by Gasteiger charge is 2.33. The lowest BCUT2D eigenvalue weighted by Crippen LogP contribution is -1.90. The molecule has 0 nitrogen and oxygen atoms in total. The van der Waals surface area contributed by atoms with Gasteiger partial charge in [0.25, 0.3) is 0 Å². The average Bonchev–Trinajstić information content (AvgIpc) is 3.83. The number of hydrogen-bond donors (Lipinski definition) is 0. The normalized spacial score (nSPS) is 17.2. The zero-order chi connectivity index (χ0) is 29.0. The molecule has 6 aromatic rings. The molecule has 1 saturated carbocycles. The zero-order valence-electron chi connectivity index (χ0n) is 24.7. The first-order chi connectivity index (χ1) is 21.2. The van der Waals surface area contributed by atoms with Gasteiger partial charge < -0.3 is 0 Å². The van der Waals surface area contributed by atoms with Crippen molar-refractivity contribution in [3.8, 4) is 22.3 Å². The first-order valence-electron chi connectivity index (χ1n) is 15.4. The summed E-state index contributed by atoms with van der Waals surface area (Å²) in [6.07, 6.45) is 14.1. The van der Waals surface area contributed by atoms with Crippen LogP contribution in [-0.4, -0.2) is 0 Å². The average molecular weight is 553 g/mol. The first-order valence-corrected chi connectivity index (χ1v) is 15.4. The molecule has 0 aliphatic heterocycles. The van der Waals surface area contributed by atoms with E-state index in [1.54, 1.807) is 5.57 Å². The van der Waals surface area contributed by atoms with E-state index in [0.29, 0.717) is 0 Å². The van der Waals surface area contributed by atoms with Gasteiger partial charge in [0.15, 0.2) is 0 Å². The highest BCUT2D eigenvalue weighted by atomic mass is 14.4. The van der Waals surface area contributed by atoms with Crippen molar-refractivity contribution in [3.05, 3.63) is 168 Å². The van der Waals surface area contributed by atoms with Gasteiger partial charge >= 0.3 is 0 Å². The summed E-state index contributed by atoms with van der Waals surface area (Å²) in [5, 5.41) is 5.14. The van der Waals surface area contributed by atoms with Gasteiger partial charge in [-0.2, -0.15) is 0 Å². The molecule has 2 unspecified atom stereocenters. The van der Waals surface area contributed by atoms with Crippen LogP contribution in [0.25, 0.3) is 56.0 Å². The molecular formula is C43H36. The second kappa shape index (κ2) is 12.1. The van der Waals surface area contributed by atoms with Gasteiger partial charge in [-0.3, -0.25) is 0 Å². The molecule has 0 aromatic heterocycles. The summed E-state index contributed by atoms with van der Waals surface area (Å²) in [7, 11) is 0. The molecule has 2 aliphatic rings. The fourth-order valence-electron chi connectivity index (χ4n) is 6.38. The minimum absolute atomic E-state index is 0.919. The Bertz CT molecular complexity index is 1900. The van der Waals surface area contributed by atoms with Crippen LogP contribution in [0.2, 0.25) is 0 Å². The van der Waals surface area contributed by atoms with E-state index in [4.69, 9.17) is 0 Å². The Kier molecular flexibility index (Phi) is 7.59. The maximum Gasteiger partial charge on any atom is -0.00264 e. The van der Waals surface area contributed by atoms with Gasteiger partial charge in [-0.25, -0.2) is 0 Å². The van der Waals surface area contributed by atoms with Crippen LogP contribution < -0.4 is 0 Å². The van der Waals surface area contributed by atoms with Gasteiger partial charge in [-0.1, -0.05) is 169 Å². The van der Waals surface area contributed by atoms with Crippen molar-refractivity contribution in [3.63, 3.8) is 0 Å². The topological polar surface area (TPSA) is 0 Å². The highest BCUT2D eigenvalue weighted by Crippen LogP contribution is 2.44. The minimum Gasteiger partial charge on any atom is -0.0845 e. The lowest BCUT2D eigenvalue weighted by Gasteiger charge is -2.17. The van der Waals surface area contributed by atoms with Crippen LogP contribution in [-0.2, 0) is 0 Å². The molecule has 0 saturated heterocycles. The van der Waals surface area contributed by atoms with Crippen molar-refractivity contribution in [2.75, 3.05) is 0 Å². The molecule has 43 heavy (non-hydrogen) atoms. The molecule has 0 radical (unpaired) electrons. The molecule has 8 rings (SSSR count). The quantitative estimate of drug-likeness (QED) is 0.116. The Labute approximate surface area is 255 Å². The minimum atomic E-state index is 0.919. The van der Waals surface area contributed by atoms with E-state index in [-0.39, 0.29) is 0 Å². The second-order valence-electron chi connectivity index (χ2n) is 11.8. The summed E-state index contributed by atoms with van der Waals surface area (Å²) < 4.78 is 0. The first kappa shape index (κ1) is 26.9. The Morgan fingerprint density at radius 2 is 0.953 bits per heavy atom. The van der Waals surface area contributed by atoms with Crippen LogP contribution in [0.5, 0.6) is 0 Å². The number of rotatable bonds is 4. The third-order valence-electron chi connectivity index (χ3n) is 8.67. The molecule has 2 aliphatic carbocycles. The lowest BCUT2D eigenvalue weighted by molar-refractivity contribution is 0.993. The standard InChI is InChI=1S/C34H24.C9H12/c1-3-11-25(12-4-1)19-20-26-21-23-28(24-22-26)34-31-17-9-7-15-29(31)33(27-13-5-2-6-14-27)30-16-8-10-18-32(30)34;1-7-3-2-4-8-6-9(8)5-7/h1-24H;2,4-5,8-9H,3,6H2,1H3/b20-19-;. The number of fused-ring (bicyclic) bond motifs is 3. The van der Waals surface area contributed by atoms with Crippen molar-refractivity contribution in [1.82, 2.24) is 0 Å². The molecule has 0 heteroatoms. The summed E-state index contributed by atoms with van der Waals surface area (Å²) in [6.45, 7) is 2.23. The molecular weight excluding hydrogens is 516 g/mol. The zero-order valence-corrected chi connectivity index (χ0v) is 24.7. The van der Waals surface area contributed by atoms with Crippen LogP contribution in [0, 0.1) is 11.8 Å². The molecule has 0 heterocycles.